The minimum Gasteiger partial charge on any atom is -0.334 e. The minimum absolute atomic E-state index is 0.193. The summed E-state index contributed by atoms with van der Waals surface area (Å²) in [6.07, 6.45) is 0.193. The van der Waals surface area contributed by atoms with Crippen LogP contribution in [-0.2, 0) is 9.59 Å². The number of rotatable bonds is 4. The molecule has 0 unspecified atom stereocenters. The fraction of sp³-hybridized carbons (Fsp3) is 0.438. The van der Waals surface area contributed by atoms with Gasteiger partial charge in [-0.05, 0) is 30.5 Å². The zero-order valence-electron chi connectivity index (χ0n) is 12.9. The number of hydrogen-bond acceptors (Lipinski definition) is 3. The Labute approximate surface area is 125 Å². The number of nitrogens with one attached hydrogen (secondary N) is 1. The monoisotopic (exact) mass is 287 g/mol. The first-order valence-electron chi connectivity index (χ1n) is 6.91. The Hall–Kier alpha value is -2.35. The fourth-order valence-electron chi connectivity index (χ4n) is 1.79. The van der Waals surface area contributed by atoms with E-state index in [1.807, 2.05) is 24.3 Å². The van der Waals surface area contributed by atoms with Gasteiger partial charge in [0.1, 0.15) is 0 Å². The minimum atomic E-state index is -0.691. The summed E-state index contributed by atoms with van der Waals surface area (Å²) in [4.78, 5) is 25.2. The molecule has 0 aliphatic carbocycles. The molecule has 1 aromatic carbocycles. The first kappa shape index (κ1) is 16.7. The van der Waals surface area contributed by atoms with Crippen LogP contribution in [0.5, 0.6) is 0 Å². The predicted octanol–water partition coefficient (Wildman–Crippen LogP) is 2.51. The van der Waals surface area contributed by atoms with Crippen molar-refractivity contribution >= 4 is 17.5 Å². The van der Waals surface area contributed by atoms with E-state index < -0.39 is 11.8 Å². The Morgan fingerprint density at radius 3 is 2.57 bits per heavy atom. The van der Waals surface area contributed by atoms with Crippen LogP contribution in [0.2, 0.25) is 0 Å². The maximum Gasteiger partial charge on any atom is 0.313 e. The number of nitrogens with zero attached hydrogens (tertiary/aromatic N) is 2. The first-order valence-corrected chi connectivity index (χ1v) is 6.91. The van der Waals surface area contributed by atoms with Crippen molar-refractivity contribution < 1.29 is 9.59 Å². The molecule has 5 heteroatoms. The van der Waals surface area contributed by atoms with Crippen molar-refractivity contribution in [2.75, 3.05) is 12.4 Å². The molecule has 112 valence electrons. The molecule has 0 aliphatic heterocycles. The highest BCUT2D eigenvalue weighted by molar-refractivity contribution is 6.39. The van der Waals surface area contributed by atoms with Gasteiger partial charge in [0.25, 0.3) is 0 Å². The highest BCUT2D eigenvalue weighted by atomic mass is 16.2. The van der Waals surface area contributed by atoms with Gasteiger partial charge in [0, 0.05) is 18.8 Å². The molecule has 0 aromatic heterocycles. The lowest BCUT2D eigenvalue weighted by Gasteiger charge is -2.22. The molecule has 0 radical (unpaired) electrons. The molecule has 0 fully saturated rings. The first-order chi connectivity index (χ1) is 9.86. The number of anilines is 1. The van der Waals surface area contributed by atoms with Crippen molar-refractivity contribution in [3.8, 4) is 6.07 Å². The van der Waals surface area contributed by atoms with Crippen molar-refractivity contribution in [2.24, 2.45) is 0 Å². The second-order valence-electron chi connectivity index (χ2n) is 5.36. The summed E-state index contributed by atoms with van der Waals surface area (Å²) in [5, 5.41) is 11.2. The van der Waals surface area contributed by atoms with Crippen molar-refractivity contribution in [2.45, 2.75) is 39.2 Å². The topological polar surface area (TPSA) is 73.2 Å². The molecule has 1 atom stereocenters. The van der Waals surface area contributed by atoms with Crippen molar-refractivity contribution in [1.82, 2.24) is 4.90 Å². The Kier molecular flexibility index (Phi) is 5.92. The summed E-state index contributed by atoms with van der Waals surface area (Å²) >= 11 is 0. The van der Waals surface area contributed by atoms with Gasteiger partial charge >= 0.3 is 11.8 Å². The fourth-order valence-corrected chi connectivity index (χ4v) is 1.79. The number of hydrogen-bond donors (Lipinski definition) is 1. The molecule has 0 bridgehead atoms. The van der Waals surface area contributed by atoms with Gasteiger partial charge in [0.2, 0.25) is 0 Å². The Morgan fingerprint density at radius 1 is 1.33 bits per heavy atom. The van der Waals surface area contributed by atoms with Crippen molar-refractivity contribution in [3.63, 3.8) is 0 Å². The molecule has 1 N–H and O–H groups in total. The molecular weight excluding hydrogens is 266 g/mol. The van der Waals surface area contributed by atoms with Crippen LogP contribution in [0, 0.1) is 11.3 Å². The van der Waals surface area contributed by atoms with Gasteiger partial charge in [0.15, 0.2) is 0 Å². The van der Waals surface area contributed by atoms with E-state index in [0.29, 0.717) is 11.6 Å². The predicted molar refractivity (Wildman–Crippen MR) is 81.6 cm³/mol. The molecule has 5 nitrogen and oxygen atoms in total. The third-order valence-electron chi connectivity index (χ3n) is 3.37. The van der Waals surface area contributed by atoms with Crippen LogP contribution < -0.4 is 5.32 Å². The maximum atomic E-state index is 12.0. The van der Waals surface area contributed by atoms with Gasteiger partial charge in [0.05, 0.1) is 12.5 Å². The molecule has 0 spiro atoms. The zero-order valence-corrected chi connectivity index (χ0v) is 12.9. The lowest BCUT2D eigenvalue weighted by atomic mass is 10.0. The third-order valence-corrected chi connectivity index (χ3v) is 3.37. The number of carbonyl (C=O) groups is 2. The van der Waals surface area contributed by atoms with Gasteiger partial charge in [-0.1, -0.05) is 26.0 Å². The average molecular weight is 287 g/mol. The van der Waals surface area contributed by atoms with Gasteiger partial charge in [-0.15, -0.1) is 0 Å². The highest BCUT2D eigenvalue weighted by Gasteiger charge is 2.22. The number of carbonyl (C=O) groups excluding carboxylic acids is 2. The second kappa shape index (κ2) is 7.44. The van der Waals surface area contributed by atoms with E-state index in [1.165, 1.54) is 11.9 Å². The van der Waals surface area contributed by atoms with Crippen molar-refractivity contribution in [1.29, 1.82) is 5.26 Å². The molecule has 1 rings (SSSR count). The average Bonchev–Trinajstić information content (AvgIpc) is 2.46. The highest BCUT2D eigenvalue weighted by Crippen LogP contribution is 2.18. The van der Waals surface area contributed by atoms with E-state index >= 15 is 0 Å². The van der Waals surface area contributed by atoms with E-state index in [9.17, 15) is 9.59 Å². The van der Waals surface area contributed by atoms with Crippen molar-refractivity contribution in [3.05, 3.63) is 29.8 Å². The molecule has 1 aromatic rings. The van der Waals surface area contributed by atoms with Crippen LogP contribution in [0.1, 0.15) is 38.7 Å². The summed E-state index contributed by atoms with van der Waals surface area (Å²) in [6.45, 7) is 5.85. The number of likely N-dealkylation sites (N-methyl/N-ethyl adjacent to an activating group) is 1. The standard InChI is InChI=1S/C16H21N3O2/c1-11(2)13-6-5-7-14(10-13)18-15(20)16(21)19(4)12(3)8-9-17/h5-7,10-12H,8H2,1-4H3,(H,18,20)/t12-/m0/s1. The van der Waals surface area contributed by atoms with Crippen LogP contribution in [0.3, 0.4) is 0 Å². The smallest absolute Gasteiger partial charge is 0.313 e. The second-order valence-corrected chi connectivity index (χ2v) is 5.36. The van der Waals surface area contributed by atoms with Crippen LogP contribution in [0.4, 0.5) is 5.69 Å². The Bertz CT molecular complexity index is 561. The van der Waals surface area contributed by atoms with Crippen LogP contribution in [-0.4, -0.2) is 29.8 Å². The summed E-state index contributed by atoms with van der Waals surface area (Å²) in [5.74, 6) is -0.994. The van der Waals surface area contributed by atoms with E-state index in [2.05, 4.69) is 19.2 Å². The maximum absolute atomic E-state index is 12.0. The molecule has 21 heavy (non-hydrogen) atoms. The van der Waals surface area contributed by atoms with E-state index in [1.54, 1.807) is 13.0 Å². The van der Waals surface area contributed by atoms with Crippen LogP contribution >= 0.6 is 0 Å². The molecule has 0 heterocycles. The summed E-state index contributed by atoms with van der Waals surface area (Å²) in [6, 6.07) is 9.11. The van der Waals surface area contributed by atoms with E-state index in [0.717, 1.165) is 5.56 Å². The van der Waals surface area contributed by atoms with Gasteiger partial charge in [-0.2, -0.15) is 5.26 Å². The van der Waals surface area contributed by atoms with Gasteiger partial charge < -0.3 is 10.2 Å². The Balaban J connectivity index is 2.75. The molecule has 2 amide bonds. The van der Waals surface area contributed by atoms with E-state index in [-0.39, 0.29) is 12.5 Å². The summed E-state index contributed by atoms with van der Waals surface area (Å²) in [7, 11) is 1.52. The Morgan fingerprint density at radius 2 is 2.00 bits per heavy atom. The molecular formula is C16H21N3O2. The zero-order chi connectivity index (χ0) is 16.0. The van der Waals surface area contributed by atoms with Gasteiger partial charge in [-0.3, -0.25) is 9.59 Å². The largest absolute Gasteiger partial charge is 0.334 e. The summed E-state index contributed by atoms with van der Waals surface area (Å²) in [5.41, 5.74) is 1.69. The normalized spacial score (nSPS) is 11.6. The van der Waals surface area contributed by atoms with Gasteiger partial charge in [-0.25, -0.2) is 0 Å². The van der Waals surface area contributed by atoms with E-state index in [4.69, 9.17) is 5.26 Å². The number of benzene rings is 1. The number of amides is 2. The molecule has 0 aliphatic rings. The quantitative estimate of drug-likeness (QED) is 0.865. The third kappa shape index (κ3) is 4.60. The summed E-state index contributed by atoms with van der Waals surface area (Å²) < 4.78 is 0. The lowest BCUT2D eigenvalue weighted by molar-refractivity contribution is -0.143. The van der Waals surface area contributed by atoms with Crippen LogP contribution in [0.15, 0.2) is 24.3 Å². The molecule has 0 saturated carbocycles. The number of nitriles is 1. The molecule has 0 saturated heterocycles. The van der Waals surface area contributed by atoms with Crippen LogP contribution in [0.25, 0.3) is 0 Å². The lowest BCUT2D eigenvalue weighted by Crippen LogP contribution is -2.42. The SMILES string of the molecule is CC(C)c1cccc(NC(=O)C(=O)N(C)[C@@H](C)CC#N)c1.